The van der Waals surface area contributed by atoms with Crippen LogP contribution in [0.3, 0.4) is 0 Å². The van der Waals surface area contributed by atoms with E-state index in [1.165, 1.54) is 12.6 Å². The van der Waals surface area contributed by atoms with Crippen LogP contribution < -0.4 is 5.32 Å². The molecule has 0 aliphatic carbocycles. The summed E-state index contributed by atoms with van der Waals surface area (Å²) >= 11 is 0. The van der Waals surface area contributed by atoms with Crippen LogP contribution in [0.25, 0.3) is 5.69 Å². The molecule has 2 N–H and O–H groups in total. The molecule has 2 aromatic heterocycles. The molecule has 0 aliphatic rings. The van der Waals surface area contributed by atoms with Crippen LogP contribution in [0.15, 0.2) is 53.7 Å². The van der Waals surface area contributed by atoms with Crippen LogP contribution in [0, 0.1) is 6.92 Å². The largest absolute Gasteiger partial charge is 0.466 e. The molecule has 24 heavy (non-hydrogen) atoms. The summed E-state index contributed by atoms with van der Waals surface area (Å²) in [6.07, 6.45) is 4.53. The molecule has 1 unspecified atom stereocenters. The molecule has 0 saturated heterocycles. The van der Waals surface area contributed by atoms with Gasteiger partial charge in [0.25, 0.3) is 5.91 Å². The summed E-state index contributed by atoms with van der Waals surface area (Å²) in [4.78, 5) is 16.3. The first kappa shape index (κ1) is 15.9. The fourth-order valence-electron chi connectivity index (χ4n) is 2.41. The average Bonchev–Trinajstić information content (AvgIpc) is 3.25. The first-order chi connectivity index (χ1) is 11.5. The van der Waals surface area contributed by atoms with Gasteiger partial charge in [-0.15, -0.1) is 0 Å². The molecular formula is C17H18N4O3. The van der Waals surface area contributed by atoms with Crippen molar-refractivity contribution in [3.63, 3.8) is 0 Å². The molecule has 0 spiro atoms. The van der Waals surface area contributed by atoms with E-state index in [0.29, 0.717) is 11.3 Å². The highest BCUT2D eigenvalue weighted by Gasteiger charge is 2.27. The Bertz CT molecular complexity index is 824. The van der Waals surface area contributed by atoms with Crippen LogP contribution >= 0.6 is 0 Å². The SMILES string of the molecule is Cc1cc(-n2cncn2)ccc1C(=O)NCC(C)(O)c1ccco1. The van der Waals surface area contributed by atoms with Crippen LogP contribution in [0.5, 0.6) is 0 Å². The lowest BCUT2D eigenvalue weighted by Gasteiger charge is -2.21. The molecule has 124 valence electrons. The van der Waals surface area contributed by atoms with E-state index in [9.17, 15) is 9.90 Å². The number of hydrogen-bond acceptors (Lipinski definition) is 5. The van der Waals surface area contributed by atoms with Gasteiger partial charge in [0.2, 0.25) is 0 Å². The highest BCUT2D eigenvalue weighted by Crippen LogP contribution is 2.20. The van der Waals surface area contributed by atoms with Gasteiger partial charge in [-0.2, -0.15) is 5.10 Å². The minimum atomic E-state index is -1.27. The molecule has 0 aliphatic heterocycles. The Balaban J connectivity index is 1.71. The van der Waals surface area contributed by atoms with Crippen molar-refractivity contribution < 1.29 is 14.3 Å². The summed E-state index contributed by atoms with van der Waals surface area (Å²) in [5, 5.41) is 17.2. The Hall–Kier alpha value is -2.93. The normalized spacial score (nSPS) is 13.5. The van der Waals surface area contributed by atoms with Crippen molar-refractivity contribution in [2.75, 3.05) is 6.54 Å². The molecule has 7 nitrogen and oxygen atoms in total. The molecule has 0 radical (unpaired) electrons. The van der Waals surface area contributed by atoms with E-state index in [-0.39, 0.29) is 12.5 Å². The number of benzene rings is 1. The molecule has 7 heteroatoms. The lowest BCUT2D eigenvalue weighted by molar-refractivity contribution is 0.0330. The molecule has 3 rings (SSSR count). The standard InChI is InChI=1S/C17H18N4O3/c1-12-8-13(21-11-18-10-20-21)5-6-14(12)16(22)19-9-17(2,23)15-4-3-7-24-15/h3-8,10-11,23H,9H2,1-2H3,(H,19,22). The predicted octanol–water partition coefficient (Wildman–Crippen LogP) is 1.81. The van der Waals surface area contributed by atoms with Crippen molar-refractivity contribution >= 4 is 5.91 Å². The second kappa shape index (κ2) is 6.29. The Morgan fingerprint density at radius 3 is 2.88 bits per heavy atom. The zero-order chi connectivity index (χ0) is 17.2. The van der Waals surface area contributed by atoms with E-state index in [1.807, 2.05) is 13.0 Å². The lowest BCUT2D eigenvalue weighted by Crippen LogP contribution is -2.38. The molecular weight excluding hydrogens is 308 g/mol. The van der Waals surface area contributed by atoms with Gasteiger partial charge in [0.05, 0.1) is 18.5 Å². The number of amides is 1. The first-order valence-electron chi connectivity index (χ1n) is 7.47. The minimum absolute atomic E-state index is 0.0453. The first-order valence-corrected chi connectivity index (χ1v) is 7.47. The van der Waals surface area contributed by atoms with E-state index in [4.69, 9.17) is 4.42 Å². The third kappa shape index (κ3) is 3.21. The van der Waals surface area contributed by atoms with E-state index in [2.05, 4.69) is 15.4 Å². The summed E-state index contributed by atoms with van der Waals surface area (Å²) in [6.45, 7) is 3.48. The third-order valence-corrected chi connectivity index (χ3v) is 3.78. The van der Waals surface area contributed by atoms with Crippen molar-refractivity contribution in [3.05, 3.63) is 66.1 Å². The fourth-order valence-corrected chi connectivity index (χ4v) is 2.41. The van der Waals surface area contributed by atoms with Crippen LogP contribution in [0.1, 0.15) is 28.6 Å². The quantitative estimate of drug-likeness (QED) is 0.746. The van der Waals surface area contributed by atoms with Gasteiger partial charge < -0.3 is 14.8 Å². The van der Waals surface area contributed by atoms with Crippen molar-refractivity contribution in [3.8, 4) is 5.69 Å². The number of nitrogens with one attached hydrogen (secondary N) is 1. The number of nitrogens with zero attached hydrogens (tertiary/aromatic N) is 3. The maximum Gasteiger partial charge on any atom is 0.251 e. The number of aromatic nitrogens is 3. The van der Waals surface area contributed by atoms with Gasteiger partial charge >= 0.3 is 0 Å². The summed E-state index contributed by atoms with van der Waals surface area (Å²) in [5.74, 6) is 0.144. The number of hydrogen-bond donors (Lipinski definition) is 2. The molecule has 1 amide bonds. The average molecular weight is 326 g/mol. The van der Waals surface area contributed by atoms with E-state index < -0.39 is 5.60 Å². The highest BCUT2D eigenvalue weighted by molar-refractivity contribution is 5.95. The van der Waals surface area contributed by atoms with Gasteiger partial charge in [-0.05, 0) is 49.7 Å². The summed E-state index contributed by atoms with van der Waals surface area (Å²) in [7, 11) is 0. The Morgan fingerprint density at radius 2 is 2.25 bits per heavy atom. The van der Waals surface area contributed by atoms with Crippen LogP contribution in [0.2, 0.25) is 0 Å². The molecule has 1 atom stereocenters. The predicted molar refractivity (Wildman–Crippen MR) is 86.7 cm³/mol. The van der Waals surface area contributed by atoms with Crippen LogP contribution in [-0.4, -0.2) is 32.3 Å². The van der Waals surface area contributed by atoms with Gasteiger partial charge in [-0.3, -0.25) is 4.79 Å². The van der Waals surface area contributed by atoms with Crippen molar-refractivity contribution in [1.29, 1.82) is 0 Å². The number of aliphatic hydroxyl groups is 1. The number of carbonyl (C=O) groups excluding carboxylic acids is 1. The summed E-state index contributed by atoms with van der Waals surface area (Å²) in [6, 6.07) is 8.74. The van der Waals surface area contributed by atoms with Crippen molar-refractivity contribution in [1.82, 2.24) is 20.1 Å². The van der Waals surface area contributed by atoms with Gasteiger partial charge in [-0.25, -0.2) is 9.67 Å². The third-order valence-electron chi connectivity index (χ3n) is 3.78. The number of rotatable bonds is 5. The monoisotopic (exact) mass is 326 g/mol. The molecule has 3 aromatic rings. The highest BCUT2D eigenvalue weighted by atomic mass is 16.4. The Labute approximate surface area is 138 Å². The molecule has 0 fully saturated rings. The smallest absolute Gasteiger partial charge is 0.251 e. The summed E-state index contributed by atoms with van der Waals surface area (Å²) in [5.41, 5.74) is 0.893. The zero-order valence-electron chi connectivity index (χ0n) is 13.4. The second-order valence-corrected chi connectivity index (χ2v) is 5.77. The van der Waals surface area contributed by atoms with Crippen LogP contribution in [0.4, 0.5) is 0 Å². The van der Waals surface area contributed by atoms with Gasteiger partial charge in [0, 0.05) is 5.56 Å². The molecule has 0 bridgehead atoms. The van der Waals surface area contributed by atoms with Crippen molar-refractivity contribution in [2.24, 2.45) is 0 Å². The Kier molecular flexibility index (Phi) is 4.18. The summed E-state index contributed by atoms with van der Waals surface area (Å²) < 4.78 is 6.82. The van der Waals surface area contributed by atoms with Crippen molar-refractivity contribution in [2.45, 2.75) is 19.4 Å². The zero-order valence-corrected chi connectivity index (χ0v) is 13.4. The lowest BCUT2D eigenvalue weighted by atomic mass is 10.0. The molecule has 2 heterocycles. The number of aryl methyl sites for hydroxylation is 1. The molecule has 1 aromatic carbocycles. The van der Waals surface area contributed by atoms with Gasteiger partial charge in [-0.1, -0.05) is 0 Å². The topological polar surface area (TPSA) is 93.2 Å². The second-order valence-electron chi connectivity index (χ2n) is 5.77. The van der Waals surface area contributed by atoms with Gasteiger partial charge in [0.1, 0.15) is 24.0 Å². The minimum Gasteiger partial charge on any atom is -0.466 e. The maximum atomic E-state index is 12.4. The van der Waals surface area contributed by atoms with Gasteiger partial charge in [0.15, 0.2) is 0 Å². The van der Waals surface area contributed by atoms with E-state index in [0.717, 1.165) is 11.3 Å². The fraction of sp³-hybridized carbons (Fsp3) is 0.235. The number of furan rings is 1. The van der Waals surface area contributed by atoms with E-state index >= 15 is 0 Å². The Morgan fingerprint density at radius 1 is 1.42 bits per heavy atom. The number of carbonyl (C=O) groups is 1. The molecule has 0 saturated carbocycles. The van der Waals surface area contributed by atoms with E-state index in [1.54, 1.807) is 42.2 Å². The maximum absolute atomic E-state index is 12.4. The van der Waals surface area contributed by atoms with Crippen LogP contribution in [-0.2, 0) is 5.60 Å².